The average molecular weight is 674 g/mol. The molecule has 0 aliphatic carbocycles. The molecule has 0 aliphatic heterocycles. The summed E-state index contributed by atoms with van der Waals surface area (Å²) >= 11 is 0. The molecule has 0 N–H and O–H groups in total. The molecule has 1 nitrogen and oxygen atoms in total. The minimum absolute atomic E-state index is 1.14. The molecule has 0 saturated heterocycles. The van der Waals surface area contributed by atoms with Gasteiger partial charge >= 0.3 is 0 Å². The lowest BCUT2D eigenvalue weighted by Gasteiger charge is -2.10. The number of rotatable bonds is 6. The Morgan fingerprint density at radius 1 is 0.264 bits per heavy atom. The molecule has 10 rings (SSSR count). The van der Waals surface area contributed by atoms with Gasteiger partial charge in [-0.15, -0.1) is 0 Å². The summed E-state index contributed by atoms with van der Waals surface area (Å²) in [5, 5.41) is 6.28. The summed E-state index contributed by atoms with van der Waals surface area (Å²) in [6.45, 7) is 0. The largest absolute Gasteiger partial charge is 0.316 e. The van der Waals surface area contributed by atoms with Crippen molar-refractivity contribution in [3.63, 3.8) is 0 Å². The smallest absolute Gasteiger partial charge is 0.0535 e. The van der Waals surface area contributed by atoms with Crippen LogP contribution < -0.4 is 0 Å². The van der Waals surface area contributed by atoms with Crippen LogP contribution in [-0.2, 0) is 0 Å². The fourth-order valence-corrected chi connectivity index (χ4v) is 7.83. The summed E-state index contributed by atoms with van der Waals surface area (Å²) in [7, 11) is 0. The first kappa shape index (κ1) is 30.8. The lowest BCUT2D eigenvalue weighted by molar-refractivity contribution is 1.13. The summed E-state index contributed by atoms with van der Waals surface area (Å²) in [4.78, 5) is 0. The van der Waals surface area contributed by atoms with Crippen molar-refractivity contribution >= 4 is 32.4 Å². The van der Waals surface area contributed by atoms with Crippen LogP contribution in [0.5, 0.6) is 0 Å². The van der Waals surface area contributed by atoms with Crippen molar-refractivity contribution in [2.45, 2.75) is 0 Å². The van der Waals surface area contributed by atoms with Gasteiger partial charge in [-0.25, -0.2) is 0 Å². The standard InChI is InChI=1S/C52H35N/c1-2-9-36(10-3-1)38-27-30-47(31-28-38)53-35-51(43-24-19-39(20-25-43)45-26-21-37-11-4-5-13-44(37)33-45)50-34-46(29-32-52(50)53)40-17-22-42(23-18-40)49-16-8-14-41-12-6-7-15-48(41)49/h1-35H. The van der Waals surface area contributed by atoms with Gasteiger partial charge in [-0.05, 0) is 102 Å². The molecule has 0 spiro atoms. The highest BCUT2D eigenvalue weighted by Gasteiger charge is 2.15. The summed E-state index contributed by atoms with van der Waals surface area (Å²) in [5.74, 6) is 0. The second-order valence-corrected chi connectivity index (χ2v) is 13.8. The normalized spacial score (nSPS) is 11.4. The fraction of sp³-hybridized carbons (Fsp3) is 0. The topological polar surface area (TPSA) is 4.93 Å². The number of aromatic nitrogens is 1. The van der Waals surface area contributed by atoms with Crippen LogP contribution in [0.1, 0.15) is 0 Å². The van der Waals surface area contributed by atoms with Crippen LogP contribution in [-0.4, -0.2) is 4.57 Å². The van der Waals surface area contributed by atoms with Crippen LogP contribution in [0.2, 0.25) is 0 Å². The van der Waals surface area contributed by atoms with Gasteiger partial charge in [-0.3, -0.25) is 0 Å². The first-order valence-electron chi connectivity index (χ1n) is 18.2. The van der Waals surface area contributed by atoms with E-state index in [0.29, 0.717) is 0 Å². The maximum Gasteiger partial charge on any atom is 0.0535 e. The molecule has 0 saturated carbocycles. The van der Waals surface area contributed by atoms with Gasteiger partial charge in [0.2, 0.25) is 0 Å². The fourth-order valence-electron chi connectivity index (χ4n) is 7.83. The summed E-state index contributed by atoms with van der Waals surface area (Å²) in [6, 6.07) is 74.9. The van der Waals surface area contributed by atoms with Gasteiger partial charge in [0.1, 0.15) is 0 Å². The Morgan fingerprint density at radius 3 is 1.53 bits per heavy atom. The van der Waals surface area contributed by atoms with Crippen molar-refractivity contribution in [1.82, 2.24) is 4.57 Å². The molecule has 0 bridgehead atoms. The summed E-state index contributed by atoms with van der Waals surface area (Å²) in [5.41, 5.74) is 14.5. The zero-order valence-electron chi connectivity index (χ0n) is 29.2. The Hall–Kier alpha value is -6.96. The van der Waals surface area contributed by atoms with E-state index < -0.39 is 0 Å². The van der Waals surface area contributed by atoms with E-state index in [9.17, 15) is 0 Å². The second-order valence-electron chi connectivity index (χ2n) is 13.8. The molecule has 10 aromatic rings. The highest BCUT2D eigenvalue weighted by Crippen LogP contribution is 2.38. The van der Waals surface area contributed by atoms with Gasteiger partial charge in [0, 0.05) is 22.8 Å². The van der Waals surface area contributed by atoms with E-state index in [-0.39, 0.29) is 0 Å². The number of fused-ring (bicyclic) bond motifs is 3. The molecule has 0 radical (unpaired) electrons. The minimum atomic E-state index is 1.14. The third kappa shape index (κ3) is 5.69. The zero-order valence-corrected chi connectivity index (χ0v) is 29.2. The monoisotopic (exact) mass is 673 g/mol. The molecule has 9 aromatic carbocycles. The van der Waals surface area contributed by atoms with Crippen molar-refractivity contribution < 1.29 is 0 Å². The predicted molar refractivity (Wildman–Crippen MR) is 225 cm³/mol. The van der Waals surface area contributed by atoms with Crippen molar-refractivity contribution in [1.29, 1.82) is 0 Å². The molecule has 0 unspecified atom stereocenters. The van der Waals surface area contributed by atoms with Crippen LogP contribution in [0.15, 0.2) is 212 Å². The van der Waals surface area contributed by atoms with Crippen LogP contribution in [0, 0.1) is 0 Å². The van der Waals surface area contributed by atoms with Gasteiger partial charge in [-0.2, -0.15) is 0 Å². The van der Waals surface area contributed by atoms with Crippen molar-refractivity contribution in [2.24, 2.45) is 0 Å². The van der Waals surface area contributed by atoms with E-state index >= 15 is 0 Å². The third-order valence-corrected chi connectivity index (χ3v) is 10.7. The van der Waals surface area contributed by atoms with Crippen LogP contribution in [0.4, 0.5) is 0 Å². The molecule has 0 aliphatic rings. The lowest BCUT2D eigenvalue weighted by atomic mass is 9.95. The highest BCUT2D eigenvalue weighted by atomic mass is 15.0. The van der Waals surface area contributed by atoms with Crippen molar-refractivity contribution in [2.75, 3.05) is 0 Å². The molecule has 1 aromatic heterocycles. The number of hydrogen-bond acceptors (Lipinski definition) is 0. The van der Waals surface area contributed by atoms with Gasteiger partial charge in [-0.1, -0.05) is 176 Å². The number of hydrogen-bond donors (Lipinski definition) is 0. The van der Waals surface area contributed by atoms with Crippen LogP contribution in [0.25, 0.3) is 93.8 Å². The maximum absolute atomic E-state index is 2.36. The van der Waals surface area contributed by atoms with Gasteiger partial charge in [0.15, 0.2) is 0 Å². The molecule has 0 amide bonds. The molecule has 1 heteroatoms. The molecule has 0 fully saturated rings. The van der Waals surface area contributed by atoms with E-state index in [1.54, 1.807) is 0 Å². The second kappa shape index (κ2) is 13.0. The molecule has 53 heavy (non-hydrogen) atoms. The van der Waals surface area contributed by atoms with E-state index in [4.69, 9.17) is 0 Å². The zero-order chi connectivity index (χ0) is 35.1. The first-order chi connectivity index (χ1) is 26.2. The number of nitrogens with zero attached hydrogens (tertiary/aromatic N) is 1. The average Bonchev–Trinajstić information content (AvgIpc) is 3.63. The van der Waals surface area contributed by atoms with E-state index in [0.717, 1.165) is 5.69 Å². The maximum atomic E-state index is 2.36. The first-order valence-corrected chi connectivity index (χ1v) is 18.2. The van der Waals surface area contributed by atoms with Gasteiger partial charge in [0.05, 0.1) is 5.52 Å². The molecular formula is C52H35N. The van der Waals surface area contributed by atoms with Crippen LogP contribution >= 0.6 is 0 Å². The Bertz CT molecular complexity index is 2890. The Balaban J connectivity index is 1.06. The van der Waals surface area contributed by atoms with Gasteiger partial charge < -0.3 is 4.57 Å². The Morgan fingerprint density at radius 2 is 0.774 bits per heavy atom. The van der Waals surface area contributed by atoms with Gasteiger partial charge in [0.25, 0.3) is 0 Å². The molecule has 0 atom stereocenters. The Labute approximate surface area is 309 Å². The minimum Gasteiger partial charge on any atom is -0.316 e. The SMILES string of the molecule is c1ccc(-c2ccc(-n3cc(-c4ccc(-c5ccc6ccccc6c5)cc4)c4cc(-c5ccc(-c6cccc7ccccc67)cc5)ccc43)cc2)cc1. The summed E-state index contributed by atoms with van der Waals surface area (Å²) < 4.78 is 2.34. The predicted octanol–water partition coefficient (Wildman–Crippen LogP) is 14.3. The molecule has 248 valence electrons. The number of benzene rings is 9. The van der Waals surface area contributed by atoms with E-state index in [2.05, 4.69) is 217 Å². The van der Waals surface area contributed by atoms with E-state index in [1.807, 2.05) is 0 Å². The van der Waals surface area contributed by atoms with Crippen LogP contribution in [0.3, 0.4) is 0 Å². The highest BCUT2D eigenvalue weighted by molar-refractivity contribution is 6.00. The summed E-state index contributed by atoms with van der Waals surface area (Å²) in [6.07, 6.45) is 2.31. The molecule has 1 heterocycles. The van der Waals surface area contributed by atoms with Crippen molar-refractivity contribution in [3.05, 3.63) is 212 Å². The Kier molecular flexibility index (Phi) is 7.55. The lowest BCUT2D eigenvalue weighted by Crippen LogP contribution is -1.92. The third-order valence-electron chi connectivity index (χ3n) is 10.7. The molecular weight excluding hydrogens is 639 g/mol. The quantitative estimate of drug-likeness (QED) is 0.166. The van der Waals surface area contributed by atoms with Crippen molar-refractivity contribution in [3.8, 4) is 61.3 Å². The van der Waals surface area contributed by atoms with E-state index in [1.165, 1.54) is 88.1 Å².